The molecule has 0 amide bonds. The van der Waals surface area contributed by atoms with E-state index in [4.69, 9.17) is 0 Å². The van der Waals surface area contributed by atoms with Crippen LogP contribution in [0.2, 0.25) is 0 Å². The van der Waals surface area contributed by atoms with Crippen LogP contribution >= 0.6 is 15.7 Å². The molecule has 0 saturated carbocycles. The van der Waals surface area contributed by atoms with Crippen LogP contribution in [-0.2, 0) is 4.57 Å². The fourth-order valence-electron chi connectivity index (χ4n) is 3.85. The molecule has 0 aliphatic carbocycles. The summed E-state index contributed by atoms with van der Waals surface area (Å²) < 4.78 is 13.5. The van der Waals surface area contributed by atoms with Crippen LogP contribution in [0.3, 0.4) is 0 Å². The van der Waals surface area contributed by atoms with Gasteiger partial charge in [-0.1, -0.05) is 104 Å². The van der Waals surface area contributed by atoms with Gasteiger partial charge in [-0.15, -0.1) is 0 Å². The van der Waals surface area contributed by atoms with Crippen LogP contribution in [0.25, 0.3) is 0 Å². The second-order valence-electron chi connectivity index (χ2n) is 9.12. The molecular weight excluding hydrogens is 390 g/mol. The third-order valence-electron chi connectivity index (χ3n) is 5.00. The molecular formula is C26H32OP2. The molecule has 0 aromatic heterocycles. The van der Waals surface area contributed by atoms with Gasteiger partial charge in [-0.05, 0) is 51.5 Å². The van der Waals surface area contributed by atoms with Crippen molar-refractivity contribution in [1.82, 2.24) is 0 Å². The minimum absolute atomic E-state index is 0.229. The summed E-state index contributed by atoms with van der Waals surface area (Å²) in [5, 5.41) is 4.70. The Balaban J connectivity index is 2.32. The van der Waals surface area contributed by atoms with Crippen LogP contribution in [0, 0.1) is 27.7 Å². The zero-order chi connectivity index (χ0) is 21.3. The molecule has 3 aromatic rings. The van der Waals surface area contributed by atoms with Crippen molar-refractivity contribution in [3.8, 4) is 0 Å². The number of hydrogen-bond donors (Lipinski definition) is 0. The van der Waals surface area contributed by atoms with E-state index < -0.39 is 15.7 Å². The summed E-state index contributed by atoms with van der Waals surface area (Å²) in [5.74, 6) is 0. The van der Waals surface area contributed by atoms with E-state index in [1.807, 2.05) is 6.07 Å². The molecule has 0 aliphatic heterocycles. The van der Waals surface area contributed by atoms with Gasteiger partial charge >= 0.3 is 0 Å². The van der Waals surface area contributed by atoms with Crippen molar-refractivity contribution in [2.24, 2.45) is 0 Å². The molecule has 0 aliphatic rings. The van der Waals surface area contributed by atoms with E-state index in [9.17, 15) is 4.57 Å². The van der Waals surface area contributed by atoms with Gasteiger partial charge in [-0.2, -0.15) is 0 Å². The Morgan fingerprint density at radius 3 is 1.52 bits per heavy atom. The third kappa shape index (κ3) is 5.09. The van der Waals surface area contributed by atoms with E-state index in [1.165, 1.54) is 38.2 Å². The summed E-state index contributed by atoms with van der Waals surface area (Å²) in [6.45, 7) is 14.9. The quantitative estimate of drug-likeness (QED) is 0.496. The monoisotopic (exact) mass is 422 g/mol. The van der Waals surface area contributed by atoms with E-state index in [-0.39, 0.29) is 5.16 Å². The summed E-state index contributed by atoms with van der Waals surface area (Å²) in [4.78, 5) is 0. The maximum absolute atomic E-state index is 13.5. The Morgan fingerprint density at radius 1 is 0.690 bits per heavy atom. The summed E-state index contributed by atoms with van der Waals surface area (Å²) in [7, 11) is -2.73. The van der Waals surface area contributed by atoms with Crippen molar-refractivity contribution in [1.29, 1.82) is 0 Å². The summed E-state index contributed by atoms with van der Waals surface area (Å²) in [6, 6.07) is 22.1. The molecule has 152 valence electrons. The number of rotatable bonds is 4. The minimum Gasteiger partial charge on any atom is -0.321 e. The molecule has 0 spiro atoms. The van der Waals surface area contributed by atoms with Gasteiger partial charge in [0.2, 0.25) is 0 Å². The maximum atomic E-state index is 13.5. The van der Waals surface area contributed by atoms with E-state index >= 15 is 0 Å². The van der Waals surface area contributed by atoms with Crippen molar-refractivity contribution in [3.63, 3.8) is 0 Å². The van der Waals surface area contributed by atoms with Crippen molar-refractivity contribution in [3.05, 3.63) is 82.9 Å². The molecule has 0 N–H and O–H groups in total. The van der Waals surface area contributed by atoms with Gasteiger partial charge in [0.15, 0.2) is 0 Å². The Morgan fingerprint density at radius 2 is 1.10 bits per heavy atom. The Hall–Kier alpha value is -1.68. The summed E-state index contributed by atoms with van der Waals surface area (Å²) in [5.41, 5.74) is 5.10. The highest BCUT2D eigenvalue weighted by Crippen LogP contribution is 2.41. The van der Waals surface area contributed by atoms with Gasteiger partial charge in [-0.25, -0.2) is 0 Å². The lowest BCUT2D eigenvalue weighted by molar-refractivity contribution is 0.572. The van der Waals surface area contributed by atoms with Crippen molar-refractivity contribution < 1.29 is 4.57 Å². The topological polar surface area (TPSA) is 17.1 Å². The predicted octanol–water partition coefficient (Wildman–Crippen LogP) is 5.66. The van der Waals surface area contributed by atoms with E-state index in [2.05, 4.69) is 103 Å². The highest BCUT2D eigenvalue weighted by molar-refractivity contribution is 7.81. The first kappa shape index (κ1) is 22.0. The first-order chi connectivity index (χ1) is 13.6. The largest absolute Gasteiger partial charge is 0.321 e. The average Bonchev–Trinajstić information content (AvgIpc) is 2.59. The van der Waals surface area contributed by atoms with Crippen LogP contribution in [0.4, 0.5) is 0 Å². The first-order valence-corrected chi connectivity index (χ1v) is 12.9. The molecule has 3 rings (SSSR count). The SMILES string of the molecule is Cc1cc(C)cc(P(c2cc(C)cc(C)c2)c2ccccc2[PH](=O)C(C)(C)C)c1. The lowest BCUT2D eigenvalue weighted by atomic mass is 10.2. The second kappa shape index (κ2) is 8.59. The number of hydrogen-bond acceptors (Lipinski definition) is 1. The van der Waals surface area contributed by atoms with Crippen molar-refractivity contribution in [2.75, 3.05) is 0 Å². The highest BCUT2D eigenvalue weighted by atomic mass is 31.1. The molecule has 1 atom stereocenters. The normalized spacial score (nSPS) is 13.0. The summed E-state index contributed by atoms with van der Waals surface area (Å²) in [6.07, 6.45) is 0. The van der Waals surface area contributed by atoms with Crippen LogP contribution in [-0.4, -0.2) is 5.16 Å². The first-order valence-electron chi connectivity index (χ1n) is 10.2. The Labute approximate surface area is 178 Å². The minimum atomic E-state index is -1.94. The molecule has 0 saturated heterocycles. The predicted molar refractivity (Wildman–Crippen MR) is 132 cm³/mol. The van der Waals surface area contributed by atoms with Crippen LogP contribution in [0.15, 0.2) is 60.7 Å². The lowest BCUT2D eigenvalue weighted by Crippen LogP contribution is -2.32. The van der Waals surface area contributed by atoms with E-state index in [1.54, 1.807) is 0 Å². The maximum Gasteiger partial charge on any atom is 0.109 e. The smallest absolute Gasteiger partial charge is 0.109 e. The molecule has 1 nitrogen and oxygen atoms in total. The molecule has 0 radical (unpaired) electrons. The van der Waals surface area contributed by atoms with Crippen molar-refractivity contribution >= 4 is 36.9 Å². The fraction of sp³-hybridized carbons (Fsp3) is 0.308. The lowest BCUT2D eigenvalue weighted by Gasteiger charge is -2.26. The second-order valence-corrected chi connectivity index (χ2v) is 14.0. The summed E-state index contributed by atoms with van der Waals surface area (Å²) >= 11 is 0. The Bertz CT molecular complexity index is 969. The van der Waals surface area contributed by atoms with E-state index in [0.29, 0.717) is 0 Å². The number of benzene rings is 3. The van der Waals surface area contributed by atoms with Gasteiger partial charge in [-0.3, -0.25) is 0 Å². The van der Waals surface area contributed by atoms with Gasteiger partial charge in [0, 0.05) is 10.5 Å². The van der Waals surface area contributed by atoms with Crippen LogP contribution < -0.4 is 21.2 Å². The molecule has 0 heterocycles. The molecule has 3 heteroatoms. The van der Waals surface area contributed by atoms with Gasteiger partial charge in [0.1, 0.15) is 7.80 Å². The van der Waals surface area contributed by atoms with Gasteiger partial charge < -0.3 is 4.57 Å². The van der Waals surface area contributed by atoms with Crippen LogP contribution in [0.1, 0.15) is 43.0 Å². The zero-order valence-electron chi connectivity index (χ0n) is 18.6. The standard InChI is InChI=1S/C26H32OP2/c1-18-12-19(2)15-22(14-18)28(23-16-20(3)13-21(4)17-23)24-10-8-9-11-25(24)29(27)26(5,6)7/h8-17,29H,1-7H3. The van der Waals surface area contributed by atoms with Crippen LogP contribution in [0.5, 0.6) is 0 Å². The molecule has 29 heavy (non-hydrogen) atoms. The third-order valence-corrected chi connectivity index (χ3v) is 9.92. The Kier molecular flexibility index (Phi) is 6.52. The molecule has 1 unspecified atom stereocenters. The molecule has 0 bridgehead atoms. The average molecular weight is 422 g/mol. The zero-order valence-corrected chi connectivity index (χ0v) is 20.5. The van der Waals surface area contributed by atoms with Crippen molar-refractivity contribution in [2.45, 2.75) is 53.6 Å². The fourth-order valence-corrected chi connectivity index (χ4v) is 8.60. The highest BCUT2D eigenvalue weighted by Gasteiger charge is 2.27. The van der Waals surface area contributed by atoms with E-state index in [0.717, 1.165) is 5.30 Å². The molecule has 0 fully saturated rings. The van der Waals surface area contributed by atoms with Gasteiger partial charge in [0.25, 0.3) is 0 Å². The van der Waals surface area contributed by atoms with Gasteiger partial charge in [0.05, 0.1) is 0 Å². The molecule has 3 aromatic carbocycles. The number of aryl methyl sites for hydroxylation is 4.